The molecule has 0 atom stereocenters. The molecule has 0 N–H and O–H groups in total. The molecule has 1 spiro atoms. The highest BCUT2D eigenvalue weighted by Crippen LogP contribution is 2.57. The number of nitrogens with zero attached hydrogens (tertiary/aromatic N) is 2. The average Bonchev–Trinajstić information content (AvgIpc) is 3.93. The second kappa shape index (κ2) is 10.1. The molecule has 2 aliphatic rings. The van der Waals surface area contributed by atoms with Crippen molar-refractivity contribution in [3.05, 3.63) is 169 Å². The van der Waals surface area contributed by atoms with Crippen molar-refractivity contribution < 1.29 is 0 Å². The van der Waals surface area contributed by atoms with Gasteiger partial charge in [-0.3, -0.25) is 0 Å². The minimum atomic E-state index is 0.136. The van der Waals surface area contributed by atoms with Gasteiger partial charge in [0.25, 0.3) is 0 Å². The number of aromatic nitrogens is 2. The van der Waals surface area contributed by atoms with E-state index in [4.69, 9.17) is 0 Å². The zero-order chi connectivity index (χ0) is 32.1. The Labute approximate surface area is 285 Å². The second-order valence-electron chi connectivity index (χ2n) is 14.0. The van der Waals surface area contributed by atoms with Gasteiger partial charge in [-0.25, -0.2) is 0 Å². The minimum Gasteiger partial charge on any atom is -0.309 e. The van der Waals surface area contributed by atoms with Gasteiger partial charge < -0.3 is 9.13 Å². The quantitative estimate of drug-likeness (QED) is 0.185. The average molecular weight is 627 g/mol. The van der Waals surface area contributed by atoms with Crippen molar-refractivity contribution >= 4 is 43.6 Å². The van der Waals surface area contributed by atoms with Crippen molar-refractivity contribution in [2.45, 2.75) is 31.1 Å². The third-order valence-electron chi connectivity index (χ3n) is 11.7. The Morgan fingerprint density at radius 2 is 0.918 bits per heavy atom. The Morgan fingerprint density at radius 3 is 1.61 bits per heavy atom. The van der Waals surface area contributed by atoms with Crippen molar-refractivity contribution in [3.8, 4) is 33.6 Å². The van der Waals surface area contributed by atoms with Gasteiger partial charge in [0.2, 0.25) is 0 Å². The van der Waals surface area contributed by atoms with Crippen LogP contribution in [-0.2, 0) is 5.41 Å². The molecule has 232 valence electrons. The van der Waals surface area contributed by atoms with Crippen molar-refractivity contribution in [1.29, 1.82) is 0 Å². The van der Waals surface area contributed by atoms with Gasteiger partial charge in [-0.05, 0) is 94.8 Å². The van der Waals surface area contributed by atoms with Crippen molar-refractivity contribution in [3.63, 3.8) is 0 Å². The van der Waals surface area contributed by atoms with Gasteiger partial charge in [0, 0.05) is 38.3 Å². The normalized spacial score (nSPS) is 14.8. The van der Waals surface area contributed by atoms with E-state index in [1.165, 1.54) is 114 Å². The van der Waals surface area contributed by atoms with Crippen LogP contribution in [-0.4, -0.2) is 9.13 Å². The first-order valence-corrected chi connectivity index (χ1v) is 17.7. The van der Waals surface area contributed by atoms with Crippen LogP contribution in [0.1, 0.15) is 36.8 Å². The maximum atomic E-state index is 2.54. The Hall–Kier alpha value is -5.86. The minimum absolute atomic E-state index is 0.136. The number of benzene rings is 7. The summed E-state index contributed by atoms with van der Waals surface area (Å²) in [6, 6.07) is 58.8. The molecular weight excluding hydrogens is 593 g/mol. The van der Waals surface area contributed by atoms with Crippen LogP contribution in [0.4, 0.5) is 0 Å². The van der Waals surface area contributed by atoms with Gasteiger partial charge in [-0.1, -0.05) is 122 Å². The fourth-order valence-corrected chi connectivity index (χ4v) is 9.61. The molecule has 2 heteroatoms. The molecule has 0 unspecified atom stereocenters. The molecule has 49 heavy (non-hydrogen) atoms. The lowest BCUT2D eigenvalue weighted by Crippen LogP contribution is -2.20. The number of rotatable bonds is 3. The van der Waals surface area contributed by atoms with Gasteiger partial charge in [-0.15, -0.1) is 0 Å². The molecule has 11 rings (SSSR count). The summed E-state index contributed by atoms with van der Waals surface area (Å²) in [5.74, 6) is 0. The van der Waals surface area contributed by atoms with E-state index in [2.05, 4.69) is 167 Å². The smallest absolute Gasteiger partial charge is 0.0548 e. The summed E-state index contributed by atoms with van der Waals surface area (Å²) in [6.07, 6.45) is 5.06. The van der Waals surface area contributed by atoms with Crippen LogP contribution in [0.2, 0.25) is 0 Å². The molecule has 2 nitrogen and oxygen atoms in total. The van der Waals surface area contributed by atoms with E-state index < -0.39 is 0 Å². The second-order valence-corrected chi connectivity index (χ2v) is 14.0. The topological polar surface area (TPSA) is 9.86 Å². The van der Waals surface area contributed by atoms with Crippen molar-refractivity contribution in [2.24, 2.45) is 0 Å². The summed E-state index contributed by atoms with van der Waals surface area (Å²) in [7, 11) is 0. The lowest BCUT2D eigenvalue weighted by molar-refractivity contribution is 0.549. The lowest BCUT2D eigenvalue weighted by atomic mass is 9.77. The third kappa shape index (κ3) is 3.66. The maximum absolute atomic E-state index is 2.54. The van der Waals surface area contributed by atoms with Crippen molar-refractivity contribution in [1.82, 2.24) is 9.13 Å². The number of fused-ring (bicyclic) bond motifs is 12. The molecule has 2 heterocycles. The predicted octanol–water partition coefficient (Wildman–Crippen LogP) is 12.4. The standard InChI is InChI=1S/C47H34N2/c1-2-12-31(13-3-1)32-20-22-33(23-21-32)48-41-18-8-5-15-37(41)45-43(48)26-27-44-46(45)38-16-6-9-19-42(38)49(44)34-24-25-36-35-14-4-7-17-39(35)47(40(36)30-34)28-10-11-29-47/h1-9,12-27,30H,10-11,28-29H2. The molecule has 0 radical (unpaired) electrons. The largest absolute Gasteiger partial charge is 0.309 e. The van der Waals surface area contributed by atoms with E-state index in [-0.39, 0.29) is 5.41 Å². The molecule has 9 aromatic rings. The van der Waals surface area contributed by atoms with Gasteiger partial charge in [0.05, 0.1) is 22.1 Å². The molecule has 0 aliphatic heterocycles. The Bertz CT molecular complexity index is 2750. The van der Waals surface area contributed by atoms with E-state index in [0.717, 1.165) is 0 Å². The zero-order valence-electron chi connectivity index (χ0n) is 27.2. The summed E-state index contributed by atoms with van der Waals surface area (Å²) < 4.78 is 4.97. The number of para-hydroxylation sites is 2. The fraction of sp³-hybridized carbons (Fsp3) is 0.106. The highest BCUT2D eigenvalue weighted by Gasteiger charge is 2.45. The predicted molar refractivity (Wildman–Crippen MR) is 205 cm³/mol. The molecule has 7 aromatic carbocycles. The zero-order valence-corrected chi connectivity index (χ0v) is 27.2. The monoisotopic (exact) mass is 626 g/mol. The van der Waals surface area contributed by atoms with Crippen LogP contribution in [0.5, 0.6) is 0 Å². The van der Waals surface area contributed by atoms with Crippen LogP contribution in [0, 0.1) is 0 Å². The molecule has 2 aliphatic carbocycles. The van der Waals surface area contributed by atoms with Gasteiger partial charge in [-0.2, -0.15) is 0 Å². The SMILES string of the molecule is c1ccc(-c2ccc(-n3c4ccccc4c4c5c6ccccc6n(-c6ccc7c(c6)C6(CCCC6)c6ccccc6-7)c5ccc43)cc2)cc1. The molecule has 0 amide bonds. The van der Waals surface area contributed by atoms with Crippen LogP contribution in [0.3, 0.4) is 0 Å². The van der Waals surface area contributed by atoms with E-state index >= 15 is 0 Å². The number of hydrogen-bond donors (Lipinski definition) is 0. The molecular formula is C47H34N2. The molecule has 0 saturated heterocycles. The van der Waals surface area contributed by atoms with Crippen LogP contribution < -0.4 is 0 Å². The molecule has 1 saturated carbocycles. The highest BCUT2D eigenvalue weighted by atomic mass is 15.0. The molecule has 2 aromatic heterocycles. The first-order valence-electron chi connectivity index (χ1n) is 17.7. The summed E-state index contributed by atoms with van der Waals surface area (Å²) in [5.41, 5.74) is 15.9. The Morgan fingerprint density at radius 1 is 0.388 bits per heavy atom. The summed E-state index contributed by atoms with van der Waals surface area (Å²) in [4.78, 5) is 0. The number of hydrogen-bond acceptors (Lipinski definition) is 0. The Balaban J connectivity index is 1.17. The summed E-state index contributed by atoms with van der Waals surface area (Å²) in [5, 5.41) is 5.22. The lowest BCUT2D eigenvalue weighted by Gasteiger charge is -2.27. The van der Waals surface area contributed by atoms with E-state index in [1.807, 2.05) is 0 Å². The van der Waals surface area contributed by atoms with Gasteiger partial charge in [0.1, 0.15) is 0 Å². The Kier molecular flexibility index (Phi) is 5.58. The first-order chi connectivity index (χ1) is 24.3. The van der Waals surface area contributed by atoms with E-state index in [0.29, 0.717) is 0 Å². The third-order valence-corrected chi connectivity index (χ3v) is 11.7. The van der Waals surface area contributed by atoms with E-state index in [9.17, 15) is 0 Å². The maximum Gasteiger partial charge on any atom is 0.0548 e. The van der Waals surface area contributed by atoms with Crippen LogP contribution in [0.25, 0.3) is 77.2 Å². The summed E-state index contributed by atoms with van der Waals surface area (Å²) >= 11 is 0. The van der Waals surface area contributed by atoms with Crippen LogP contribution in [0.15, 0.2) is 158 Å². The first kappa shape index (κ1) is 27.1. The van der Waals surface area contributed by atoms with E-state index in [1.54, 1.807) is 0 Å². The van der Waals surface area contributed by atoms with Gasteiger partial charge in [0.15, 0.2) is 0 Å². The van der Waals surface area contributed by atoms with Gasteiger partial charge >= 0.3 is 0 Å². The highest BCUT2D eigenvalue weighted by molar-refractivity contribution is 6.28. The van der Waals surface area contributed by atoms with Crippen molar-refractivity contribution in [2.75, 3.05) is 0 Å². The van der Waals surface area contributed by atoms with Crippen LogP contribution >= 0.6 is 0 Å². The molecule has 1 fully saturated rings. The summed E-state index contributed by atoms with van der Waals surface area (Å²) in [6.45, 7) is 0. The molecule has 0 bridgehead atoms. The fourth-order valence-electron chi connectivity index (χ4n) is 9.61.